The van der Waals surface area contributed by atoms with Crippen LogP contribution in [0.5, 0.6) is 0 Å². The summed E-state index contributed by atoms with van der Waals surface area (Å²) in [7, 11) is 0. The third kappa shape index (κ3) is 6.92. The Bertz CT molecular complexity index is 339. The lowest BCUT2D eigenvalue weighted by Crippen LogP contribution is -1.99. The number of hydrogen-bond donors (Lipinski definition) is 0. The molecule has 0 heterocycles. The first-order valence-corrected chi connectivity index (χ1v) is 7.89. The average molecular weight is 361 g/mol. The zero-order valence-electron chi connectivity index (χ0n) is 9.64. The molecule has 0 N–H and O–H groups in total. The number of ether oxygens (including phenoxy) is 1. The van der Waals surface area contributed by atoms with E-state index in [1.54, 1.807) is 0 Å². The Labute approximate surface area is 121 Å². The number of hydrogen-bond acceptors (Lipinski definition) is 3. The molecule has 0 saturated carbocycles. The van der Waals surface area contributed by atoms with Crippen molar-refractivity contribution < 1.29 is 4.74 Å². The van der Waals surface area contributed by atoms with Gasteiger partial charge in [0.1, 0.15) is 9.51 Å². The largest absolute Gasteiger partial charge is 0.363 e. The van der Waals surface area contributed by atoms with Gasteiger partial charge in [0.05, 0.1) is 0 Å². The van der Waals surface area contributed by atoms with Gasteiger partial charge in [-0.05, 0) is 52.8 Å². The summed E-state index contributed by atoms with van der Waals surface area (Å²) in [6.45, 7) is 0.791. The van der Waals surface area contributed by atoms with Crippen LogP contribution in [-0.4, -0.2) is 12.4 Å². The van der Waals surface area contributed by atoms with Gasteiger partial charge in [-0.2, -0.15) is 5.26 Å². The highest BCUT2D eigenvalue weighted by atomic mass is 127. The predicted molar refractivity (Wildman–Crippen MR) is 81.1 cm³/mol. The van der Waals surface area contributed by atoms with E-state index < -0.39 is 0 Å². The number of nitriles is 1. The minimum atomic E-state index is 0.141. The zero-order chi connectivity index (χ0) is 12.3. The molecule has 92 valence electrons. The summed E-state index contributed by atoms with van der Waals surface area (Å²) < 4.78 is 5.89. The molecule has 0 saturated heterocycles. The smallest absolute Gasteiger partial charge is 0.133 e. The van der Waals surface area contributed by atoms with E-state index in [2.05, 4.69) is 40.1 Å². The van der Waals surface area contributed by atoms with E-state index in [-0.39, 0.29) is 4.11 Å². The molecule has 0 radical (unpaired) electrons. The molecule has 4 heteroatoms. The van der Waals surface area contributed by atoms with Crippen LogP contribution in [0.25, 0.3) is 0 Å². The maximum Gasteiger partial charge on any atom is 0.133 e. The van der Waals surface area contributed by atoms with Crippen molar-refractivity contribution >= 4 is 34.4 Å². The van der Waals surface area contributed by atoms with Crippen molar-refractivity contribution in [3.05, 3.63) is 35.9 Å². The highest BCUT2D eigenvalue weighted by Crippen LogP contribution is 2.24. The van der Waals surface area contributed by atoms with Crippen molar-refractivity contribution in [3.8, 4) is 5.40 Å². The first kappa shape index (κ1) is 14.8. The van der Waals surface area contributed by atoms with Crippen LogP contribution in [0, 0.1) is 10.7 Å². The van der Waals surface area contributed by atoms with Crippen LogP contribution in [0.3, 0.4) is 0 Å². The van der Waals surface area contributed by atoms with E-state index >= 15 is 0 Å². The molecule has 0 aliphatic rings. The lowest BCUT2D eigenvalue weighted by atomic mass is 10.2. The number of rotatable bonds is 8. The maximum atomic E-state index is 8.36. The number of benzene rings is 1. The van der Waals surface area contributed by atoms with Crippen molar-refractivity contribution in [1.82, 2.24) is 0 Å². The number of halogens is 1. The molecular weight excluding hydrogens is 345 g/mol. The molecule has 1 aromatic rings. The molecule has 0 bridgehead atoms. The fourth-order valence-corrected chi connectivity index (χ4v) is 2.50. The molecule has 0 aliphatic carbocycles. The van der Waals surface area contributed by atoms with Crippen LogP contribution in [0.4, 0.5) is 0 Å². The molecule has 0 spiro atoms. The van der Waals surface area contributed by atoms with E-state index in [0.717, 1.165) is 31.6 Å². The van der Waals surface area contributed by atoms with Crippen molar-refractivity contribution in [2.24, 2.45) is 0 Å². The lowest BCUT2D eigenvalue weighted by Gasteiger charge is -2.11. The van der Waals surface area contributed by atoms with Crippen LogP contribution in [0.2, 0.25) is 0 Å². The Morgan fingerprint density at radius 3 is 2.71 bits per heavy atom. The topological polar surface area (TPSA) is 33.0 Å². The number of alkyl halides is 1. The van der Waals surface area contributed by atoms with Crippen molar-refractivity contribution in [1.29, 1.82) is 5.26 Å². The van der Waals surface area contributed by atoms with E-state index in [1.165, 1.54) is 17.3 Å². The lowest BCUT2D eigenvalue weighted by molar-refractivity contribution is 0.120. The number of thiocyanates is 1. The third-order valence-corrected chi connectivity index (χ3v) is 3.98. The quantitative estimate of drug-likeness (QED) is 0.295. The number of thioether (sulfide) groups is 1. The van der Waals surface area contributed by atoms with Gasteiger partial charge in [0.2, 0.25) is 0 Å². The Morgan fingerprint density at radius 2 is 2.00 bits per heavy atom. The fraction of sp³-hybridized carbons (Fsp3) is 0.462. The second kappa shape index (κ2) is 9.75. The first-order chi connectivity index (χ1) is 8.34. The van der Waals surface area contributed by atoms with Gasteiger partial charge in [0, 0.05) is 12.4 Å². The zero-order valence-corrected chi connectivity index (χ0v) is 12.6. The Morgan fingerprint density at radius 1 is 1.24 bits per heavy atom. The average Bonchev–Trinajstić information content (AvgIpc) is 2.38. The molecule has 1 aromatic carbocycles. The van der Waals surface area contributed by atoms with E-state index in [1.807, 2.05) is 18.2 Å². The minimum Gasteiger partial charge on any atom is -0.363 e. The molecule has 1 atom stereocenters. The number of unbranched alkanes of at least 4 members (excludes halogenated alkanes) is 2. The van der Waals surface area contributed by atoms with Gasteiger partial charge in [-0.1, -0.05) is 36.8 Å². The highest BCUT2D eigenvalue weighted by Gasteiger charge is 2.05. The van der Waals surface area contributed by atoms with Gasteiger partial charge < -0.3 is 4.74 Å². The van der Waals surface area contributed by atoms with Crippen molar-refractivity contribution in [2.45, 2.75) is 23.4 Å². The summed E-state index contributed by atoms with van der Waals surface area (Å²) in [6, 6.07) is 10.2. The molecule has 0 aliphatic heterocycles. The minimum absolute atomic E-state index is 0.141. The van der Waals surface area contributed by atoms with Crippen molar-refractivity contribution in [2.75, 3.05) is 12.4 Å². The van der Waals surface area contributed by atoms with Gasteiger partial charge in [-0.25, -0.2) is 0 Å². The summed E-state index contributed by atoms with van der Waals surface area (Å²) in [4.78, 5) is 0. The Balaban J connectivity index is 2.05. The van der Waals surface area contributed by atoms with Gasteiger partial charge in [0.15, 0.2) is 0 Å². The van der Waals surface area contributed by atoms with Crippen LogP contribution >= 0.6 is 34.4 Å². The fourth-order valence-electron chi connectivity index (χ4n) is 1.39. The number of nitrogens with zero attached hydrogens (tertiary/aromatic N) is 1. The molecule has 0 amide bonds. The first-order valence-electron chi connectivity index (χ1n) is 5.66. The van der Waals surface area contributed by atoms with Crippen LogP contribution in [0.1, 0.15) is 28.9 Å². The summed E-state index contributed by atoms with van der Waals surface area (Å²) in [5, 5.41) is 10.4. The molecule has 17 heavy (non-hydrogen) atoms. The van der Waals surface area contributed by atoms with Gasteiger partial charge >= 0.3 is 0 Å². The van der Waals surface area contributed by atoms with E-state index in [0.29, 0.717) is 0 Å². The van der Waals surface area contributed by atoms with Crippen LogP contribution in [0.15, 0.2) is 30.3 Å². The highest BCUT2D eigenvalue weighted by molar-refractivity contribution is 14.1. The third-order valence-electron chi connectivity index (χ3n) is 2.28. The summed E-state index contributed by atoms with van der Waals surface area (Å²) >= 11 is 3.64. The standard InChI is InChI=1S/C13H16INOS/c14-13(12-7-3-1-4-8-12)16-9-5-2-6-10-17-11-15/h1,3-4,7-8,13H,2,5-6,9-10H2. The molecule has 1 unspecified atom stereocenters. The van der Waals surface area contributed by atoms with Gasteiger partial charge in [0.25, 0.3) is 0 Å². The van der Waals surface area contributed by atoms with Crippen LogP contribution < -0.4 is 0 Å². The molecule has 2 nitrogen and oxygen atoms in total. The SMILES string of the molecule is N#CSCCCCCOC(I)c1ccccc1. The Kier molecular flexibility index (Phi) is 8.49. The second-order valence-electron chi connectivity index (χ2n) is 3.60. The molecule has 0 aromatic heterocycles. The summed E-state index contributed by atoms with van der Waals surface area (Å²) in [5.74, 6) is 0.933. The predicted octanol–water partition coefficient (Wildman–Crippen LogP) is 4.52. The molecular formula is C13H16INOS. The monoisotopic (exact) mass is 361 g/mol. The van der Waals surface area contributed by atoms with E-state index in [4.69, 9.17) is 10.00 Å². The van der Waals surface area contributed by atoms with Gasteiger partial charge in [-0.15, -0.1) is 0 Å². The molecule has 1 rings (SSSR count). The second-order valence-corrected chi connectivity index (χ2v) is 5.61. The summed E-state index contributed by atoms with van der Waals surface area (Å²) in [5.41, 5.74) is 1.22. The maximum absolute atomic E-state index is 8.36. The van der Waals surface area contributed by atoms with Crippen LogP contribution in [-0.2, 0) is 4.74 Å². The van der Waals surface area contributed by atoms with E-state index in [9.17, 15) is 0 Å². The summed E-state index contributed by atoms with van der Waals surface area (Å²) in [6.07, 6.45) is 3.30. The van der Waals surface area contributed by atoms with Crippen molar-refractivity contribution in [3.63, 3.8) is 0 Å². The van der Waals surface area contributed by atoms with Gasteiger partial charge in [-0.3, -0.25) is 0 Å². The Hall–Kier alpha value is -0.250. The normalized spacial score (nSPS) is 12.0. The molecule has 0 fully saturated rings.